The maximum Gasteiger partial charge on any atom is 0.416 e. The van der Waals surface area contributed by atoms with Crippen LogP contribution in [0.1, 0.15) is 5.56 Å². The number of sulfonamides is 1. The van der Waals surface area contributed by atoms with Gasteiger partial charge in [-0.2, -0.15) is 13.2 Å². The molecule has 0 heterocycles. The van der Waals surface area contributed by atoms with Crippen LogP contribution >= 0.6 is 0 Å². The van der Waals surface area contributed by atoms with Crippen LogP contribution in [0.2, 0.25) is 0 Å². The van der Waals surface area contributed by atoms with Crippen molar-refractivity contribution in [3.05, 3.63) is 42.0 Å². The molecule has 6 nitrogen and oxygen atoms in total. The van der Waals surface area contributed by atoms with Gasteiger partial charge in [-0.3, -0.25) is 4.72 Å². The van der Waals surface area contributed by atoms with Crippen molar-refractivity contribution in [2.24, 2.45) is 0 Å². The van der Waals surface area contributed by atoms with E-state index in [1.807, 2.05) is 0 Å². The maximum absolute atomic E-state index is 13.0. The molecule has 27 heavy (non-hydrogen) atoms. The molecule has 0 aliphatic rings. The standard InChI is InChI=1S/C17H19F3N2O4S/c1-22(2)14-7-5-11(17(18,19)20)9-13(14)21-27(23,24)12-6-8-15(25-3)16(10-12)26-4/h5-10,21H,1-4H3. The van der Waals surface area contributed by atoms with Crippen LogP contribution in [0, 0.1) is 0 Å². The topological polar surface area (TPSA) is 67.9 Å². The summed E-state index contributed by atoms with van der Waals surface area (Å²) in [6, 6.07) is 6.75. The van der Waals surface area contributed by atoms with Gasteiger partial charge in [0.25, 0.3) is 10.0 Å². The van der Waals surface area contributed by atoms with Gasteiger partial charge in [0.15, 0.2) is 11.5 Å². The summed E-state index contributed by atoms with van der Waals surface area (Å²) in [6.45, 7) is 0. The van der Waals surface area contributed by atoms with Crippen molar-refractivity contribution in [2.75, 3.05) is 37.9 Å². The Hall–Kier alpha value is -2.62. The monoisotopic (exact) mass is 404 g/mol. The van der Waals surface area contributed by atoms with Crippen molar-refractivity contribution >= 4 is 21.4 Å². The van der Waals surface area contributed by atoms with Gasteiger partial charge in [-0.15, -0.1) is 0 Å². The lowest BCUT2D eigenvalue weighted by molar-refractivity contribution is -0.137. The Labute approximate surface area is 155 Å². The molecule has 0 fully saturated rings. The molecule has 0 saturated heterocycles. The number of ether oxygens (including phenoxy) is 2. The highest BCUT2D eigenvalue weighted by atomic mass is 32.2. The summed E-state index contributed by atoms with van der Waals surface area (Å²) in [5.74, 6) is 0.502. The zero-order valence-electron chi connectivity index (χ0n) is 15.1. The number of nitrogens with one attached hydrogen (secondary N) is 1. The lowest BCUT2D eigenvalue weighted by Gasteiger charge is -2.20. The van der Waals surface area contributed by atoms with E-state index in [0.717, 1.165) is 12.1 Å². The second-order valence-electron chi connectivity index (χ2n) is 5.75. The van der Waals surface area contributed by atoms with Crippen LogP contribution in [0.25, 0.3) is 0 Å². The number of rotatable bonds is 6. The van der Waals surface area contributed by atoms with Gasteiger partial charge in [0.05, 0.1) is 36.1 Å². The summed E-state index contributed by atoms with van der Waals surface area (Å²) in [6.07, 6.45) is -4.60. The predicted molar refractivity (Wildman–Crippen MR) is 96.1 cm³/mol. The molecule has 1 N–H and O–H groups in total. The van der Waals surface area contributed by atoms with E-state index in [4.69, 9.17) is 9.47 Å². The molecule has 0 aliphatic carbocycles. The van der Waals surface area contributed by atoms with E-state index in [9.17, 15) is 21.6 Å². The SMILES string of the molecule is COc1ccc(S(=O)(=O)Nc2cc(C(F)(F)F)ccc2N(C)C)cc1OC. The Morgan fingerprint density at radius 1 is 0.963 bits per heavy atom. The molecule has 0 aromatic heterocycles. The fraction of sp³-hybridized carbons (Fsp3) is 0.294. The van der Waals surface area contributed by atoms with Crippen molar-refractivity contribution in [1.29, 1.82) is 0 Å². The number of nitrogens with zero attached hydrogens (tertiary/aromatic N) is 1. The Balaban J connectivity index is 2.51. The van der Waals surface area contributed by atoms with Crippen LogP contribution < -0.4 is 19.1 Å². The number of hydrogen-bond acceptors (Lipinski definition) is 5. The van der Waals surface area contributed by atoms with Crippen molar-refractivity contribution in [2.45, 2.75) is 11.1 Å². The third kappa shape index (κ3) is 4.57. The zero-order valence-corrected chi connectivity index (χ0v) is 15.9. The number of halogens is 3. The minimum absolute atomic E-state index is 0.178. The number of benzene rings is 2. The van der Waals surface area contributed by atoms with Crippen molar-refractivity contribution in [1.82, 2.24) is 0 Å². The van der Waals surface area contributed by atoms with E-state index in [0.29, 0.717) is 5.75 Å². The summed E-state index contributed by atoms with van der Waals surface area (Å²) in [5.41, 5.74) is -0.866. The smallest absolute Gasteiger partial charge is 0.416 e. The predicted octanol–water partition coefficient (Wildman–Crippen LogP) is 3.59. The molecule has 0 amide bonds. The lowest BCUT2D eigenvalue weighted by atomic mass is 10.1. The molecule has 2 rings (SSSR count). The molecular weight excluding hydrogens is 385 g/mol. The molecule has 2 aromatic rings. The number of alkyl halides is 3. The molecule has 0 spiro atoms. The minimum Gasteiger partial charge on any atom is -0.493 e. The van der Waals surface area contributed by atoms with Gasteiger partial charge < -0.3 is 14.4 Å². The van der Waals surface area contributed by atoms with Crippen molar-refractivity contribution < 1.29 is 31.1 Å². The van der Waals surface area contributed by atoms with Crippen LogP contribution in [0.15, 0.2) is 41.3 Å². The Morgan fingerprint density at radius 3 is 2.11 bits per heavy atom. The number of hydrogen-bond donors (Lipinski definition) is 1. The molecule has 0 atom stereocenters. The van der Waals surface area contributed by atoms with Gasteiger partial charge >= 0.3 is 6.18 Å². The molecular formula is C17H19F3N2O4S. The van der Waals surface area contributed by atoms with Crippen LogP contribution in [-0.2, 0) is 16.2 Å². The van der Waals surface area contributed by atoms with E-state index >= 15 is 0 Å². The number of methoxy groups -OCH3 is 2. The molecule has 10 heteroatoms. The summed E-state index contributed by atoms with van der Waals surface area (Å²) in [7, 11) is 1.76. The Morgan fingerprint density at radius 2 is 1.59 bits per heavy atom. The first-order valence-electron chi connectivity index (χ1n) is 7.63. The van der Waals surface area contributed by atoms with Crippen LogP contribution in [0.5, 0.6) is 11.5 Å². The number of anilines is 2. The minimum atomic E-state index is -4.60. The molecule has 0 unspecified atom stereocenters. The Bertz CT molecular complexity index is 928. The van der Waals surface area contributed by atoms with Gasteiger partial charge in [0.1, 0.15) is 0 Å². The average Bonchev–Trinajstić information content (AvgIpc) is 2.59. The summed E-state index contributed by atoms with van der Waals surface area (Å²) >= 11 is 0. The molecule has 0 radical (unpaired) electrons. The first-order valence-corrected chi connectivity index (χ1v) is 9.11. The van der Waals surface area contributed by atoms with Gasteiger partial charge in [0, 0.05) is 20.2 Å². The highest BCUT2D eigenvalue weighted by Crippen LogP contribution is 2.36. The normalized spacial score (nSPS) is 11.8. The highest BCUT2D eigenvalue weighted by Gasteiger charge is 2.32. The quantitative estimate of drug-likeness (QED) is 0.797. The fourth-order valence-corrected chi connectivity index (χ4v) is 3.45. The molecule has 0 aliphatic heterocycles. The average molecular weight is 404 g/mol. The second kappa shape index (κ2) is 7.55. The highest BCUT2D eigenvalue weighted by molar-refractivity contribution is 7.92. The van der Waals surface area contributed by atoms with Crippen LogP contribution in [-0.4, -0.2) is 36.7 Å². The first kappa shape index (κ1) is 20.7. The van der Waals surface area contributed by atoms with Crippen LogP contribution in [0.4, 0.5) is 24.5 Å². The van der Waals surface area contributed by atoms with E-state index in [-0.39, 0.29) is 22.0 Å². The van der Waals surface area contributed by atoms with Crippen molar-refractivity contribution in [3.8, 4) is 11.5 Å². The summed E-state index contributed by atoms with van der Waals surface area (Å²) in [5, 5.41) is 0. The van der Waals surface area contributed by atoms with Gasteiger partial charge in [-0.25, -0.2) is 8.42 Å². The van der Waals surface area contributed by atoms with E-state index in [2.05, 4.69) is 4.72 Å². The molecule has 2 aromatic carbocycles. The maximum atomic E-state index is 13.0. The molecule has 148 valence electrons. The van der Waals surface area contributed by atoms with Gasteiger partial charge in [-0.1, -0.05) is 0 Å². The van der Waals surface area contributed by atoms with E-state index < -0.39 is 21.8 Å². The van der Waals surface area contributed by atoms with Gasteiger partial charge in [-0.05, 0) is 30.3 Å². The lowest BCUT2D eigenvalue weighted by Crippen LogP contribution is -2.18. The molecule has 0 bridgehead atoms. The summed E-state index contributed by atoms with van der Waals surface area (Å²) in [4.78, 5) is 1.33. The fourth-order valence-electron chi connectivity index (χ4n) is 2.37. The summed E-state index contributed by atoms with van der Waals surface area (Å²) < 4.78 is 76.8. The first-order chi connectivity index (χ1) is 12.5. The third-order valence-corrected chi connectivity index (χ3v) is 5.08. The second-order valence-corrected chi connectivity index (χ2v) is 7.43. The van der Waals surface area contributed by atoms with Crippen molar-refractivity contribution in [3.63, 3.8) is 0 Å². The van der Waals surface area contributed by atoms with E-state index in [1.54, 1.807) is 14.1 Å². The third-order valence-electron chi connectivity index (χ3n) is 3.72. The molecule has 0 saturated carbocycles. The Kier molecular flexibility index (Phi) is 5.79. The van der Waals surface area contributed by atoms with Gasteiger partial charge in [0.2, 0.25) is 0 Å². The van der Waals surface area contributed by atoms with E-state index in [1.165, 1.54) is 43.4 Å². The largest absolute Gasteiger partial charge is 0.493 e. The van der Waals surface area contributed by atoms with Crippen LogP contribution in [0.3, 0.4) is 0 Å². The zero-order chi connectivity index (χ0) is 20.4.